The van der Waals surface area contributed by atoms with E-state index in [1.165, 1.54) is 12.1 Å². The minimum Gasteiger partial charge on any atom is -0.452 e. The van der Waals surface area contributed by atoms with E-state index in [1.807, 2.05) is 6.07 Å². The van der Waals surface area contributed by atoms with Gasteiger partial charge in [-0.2, -0.15) is 0 Å². The maximum absolute atomic E-state index is 13.8. The topological polar surface area (TPSA) is 34.2 Å². The molecule has 20 heavy (non-hydrogen) atoms. The van der Waals surface area contributed by atoms with Crippen molar-refractivity contribution in [3.05, 3.63) is 53.1 Å². The zero-order chi connectivity index (χ0) is 14.5. The van der Waals surface area contributed by atoms with E-state index in [9.17, 15) is 4.39 Å². The van der Waals surface area contributed by atoms with Gasteiger partial charge in [-0.05, 0) is 18.2 Å². The molecule has 0 amide bonds. The lowest BCUT2D eigenvalue weighted by Crippen LogP contribution is -2.22. The summed E-state index contributed by atoms with van der Waals surface area (Å²) >= 11 is 5.74. The monoisotopic (exact) mass is 294 g/mol. The molecule has 3 nitrogen and oxygen atoms in total. The van der Waals surface area contributed by atoms with Crippen LogP contribution < -0.4 is 10.1 Å². The van der Waals surface area contributed by atoms with E-state index in [1.54, 1.807) is 18.5 Å². The Labute approximate surface area is 122 Å². The van der Waals surface area contributed by atoms with E-state index in [0.29, 0.717) is 18.3 Å². The standard InChI is InChI=1S/C15H16ClFN2O/c1-10(2)19-8-11-6-7-18-9-14(11)20-13-5-3-4-12(16)15(13)17/h3-7,9-10,19H,8H2,1-2H3. The third-order valence-electron chi connectivity index (χ3n) is 2.71. The van der Waals surface area contributed by atoms with Gasteiger partial charge < -0.3 is 10.1 Å². The summed E-state index contributed by atoms with van der Waals surface area (Å²) in [6, 6.07) is 6.84. The smallest absolute Gasteiger partial charge is 0.184 e. The van der Waals surface area contributed by atoms with Crippen molar-refractivity contribution >= 4 is 11.6 Å². The van der Waals surface area contributed by atoms with Gasteiger partial charge in [0.1, 0.15) is 5.75 Å². The molecule has 0 aliphatic heterocycles. The Morgan fingerprint density at radius 3 is 2.85 bits per heavy atom. The zero-order valence-electron chi connectivity index (χ0n) is 11.4. The summed E-state index contributed by atoms with van der Waals surface area (Å²) in [6.45, 7) is 4.73. The van der Waals surface area contributed by atoms with Gasteiger partial charge in [0.2, 0.25) is 0 Å². The highest BCUT2D eigenvalue weighted by molar-refractivity contribution is 6.30. The van der Waals surface area contributed by atoms with Gasteiger partial charge in [0, 0.05) is 24.3 Å². The van der Waals surface area contributed by atoms with Crippen LogP contribution in [0.2, 0.25) is 5.02 Å². The van der Waals surface area contributed by atoms with E-state index in [2.05, 4.69) is 24.1 Å². The van der Waals surface area contributed by atoms with Crippen molar-refractivity contribution in [2.75, 3.05) is 0 Å². The molecule has 0 fully saturated rings. The second kappa shape index (κ2) is 6.68. The predicted molar refractivity (Wildman–Crippen MR) is 77.7 cm³/mol. The molecule has 2 aromatic rings. The van der Waals surface area contributed by atoms with E-state index in [4.69, 9.17) is 16.3 Å². The molecule has 0 saturated carbocycles. The van der Waals surface area contributed by atoms with Crippen molar-refractivity contribution in [1.29, 1.82) is 0 Å². The number of ether oxygens (including phenoxy) is 1. The van der Waals surface area contributed by atoms with Crippen LogP contribution in [0.5, 0.6) is 11.5 Å². The van der Waals surface area contributed by atoms with Crippen LogP contribution in [0.1, 0.15) is 19.4 Å². The third-order valence-corrected chi connectivity index (χ3v) is 3.00. The highest BCUT2D eigenvalue weighted by Gasteiger charge is 2.11. The molecule has 1 N–H and O–H groups in total. The highest BCUT2D eigenvalue weighted by atomic mass is 35.5. The molecule has 0 saturated heterocycles. The Balaban J connectivity index is 2.22. The number of hydrogen-bond acceptors (Lipinski definition) is 3. The lowest BCUT2D eigenvalue weighted by molar-refractivity contribution is 0.432. The molecule has 5 heteroatoms. The summed E-state index contributed by atoms with van der Waals surface area (Å²) in [5.41, 5.74) is 0.910. The van der Waals surface area contributed by atoms with Gasteiger partial charge in [-0.1, -0.05) is 31.5 Å². The average molecular weight is 295 g/mol. The van der Waals surface area contributed by atoms with Crippen LogP contribution in [0.25, 0.3) is 0 Å². The lowest BCUT2D eigenvalue weighted by Gasteiger charge is -2.13. The number of aromatic nitrogens is 1. The van der Waals surface area contributed by atoms with Gasteiger partial charge in [-0.25, -0.2) is 4.39 Å². The fourth-order valence-corrected chi connectivity index (χ4v) is 1.81. The summed E-state index contributed by atoms with van der Waals surface area (Å²) in [5, 5.41) is 3.32. The maximum atomic E-state index is 13.8. The van der Waals surface area contributed by atoms with Crippen LogP contribution in [-0.4, -0.2) is 11.0 Å². The number of benzene rings is 1. The molecule has 0 aliphatic rings. The van der Waals surface area contributed by atoms with Crippen LogP contribution >= 0.6 is 11.6 Å². The molecule has 106 valence electrons. The van der Waals surface area contributed by atoms with Crippen LogP contribution in [0.15, 0.2) is 36.7 Å². The molecule has 1 aromatic carbocycles. The molecular weight excluding hydrogens is 279 g/mol. The Kier molecular flexibility index (Phi) is 4.93. The fraction of sp³-hybridized carbons (Fsp3) is 0.267. The number of hydrogen-bond donors (Lipinski definition) is 1. The second-order valence-electron chi connectivity index (χ2n) is 4.67. The zero-order valence-corrected chi connectivity index (χ0v) is 12.1. The van der Waals surface area contributed by atoms with Gasteiger partial charge in [0.15, 0.2) is 11.6 Å². The fourth-order valence-electron chi connectivity index (χ4n) is 1.64. The molecule has 0 aliphatic carbocycles. The third kappa shape index (κ3) is 3.68. The molecule has 2 rings (SSSR count). The minimum atomic E-state index is -0.569. The number of nitrogens with one attached hydrogen (secondary N) is 1. The molecule has 0 bridgehead atoms. The average Bonchev–Trinajstić information content (AvgIpc) is 2.43. The van der Waals surface area contributed by atoms with Crippen molar-refractivity contribution < 1.29 is 9.13 Å². The molecule has 0 atom stereocenters. The van der Waals surface area contributed by atoms with Gasteiger partial charge in [-0.3, -0.25) is 4.98 Å². The van der Waals surface area contributed by atoms with Crippen molar-refractivity contribution in [3.8, 4) is 11.5 Å². The molecular formula is C15H16ClFN2O. The maximum Gasteiger partial charge on any atom is 0.184 e. The Morgan fingerprint density at radius 1 is 1.30 bits per heavy atom. The molecule has 1 aromatic heterocycles. The first kappa shape index (κ1) is 14.8. The van der Waals surface area contributed by atoms with E-state index >= 15 is 0 Å². The minimum absolute atomic E-state index is 0.0354. The van der Waals surface area contributed by atoms with Crippen molar-refractivity contribution in [1.82, 2.24) is 10.3 Å². The number of nitrogens with zero attached hydrogens (tertiary/aromatic N) is 1. The summed E-state index contributed by atoms with van der Waals surface area (Å²) in [7, 11) is 0. The number of rotatable bonds is 5. The lowest BCUT2D eigenvalue weighted by atomic mass is 10.2. The highest BCUT2D eigenvalue weighted by Crippen LogP contribution is 2.30. The summed E-state index contributed by atoms with van der Waals surface area (Å²) < 4.78 is 19.4. The van der Waals surface area contributed by atoms with E-state index < -0.39 is 5.82 Å². The van der Waals surface area contributed by atoms with Gasteiger partial charge >= 0.3 is 0 Å². The first-order valence-electron chi connectivity index (χ1n) is 6.36. The molecule has 1 heterocycles. The summed E-state index contributed by atoms with van der Waals surface area (Å²) in [6.07, 6.45) is 3.25. The Hall–Kier alpha value is -1.65. The van der Waals surface area contributed by atoms with Gasteiger partial charge in [-0.15, -0.1) is 0 Å². The molecule has 0 radical (unpaired) electrons. The van der Waals surface area contributed by atoms with Crippen LogP contribution in [0, 0.1) is 5.82 Å². The SMILES string of the molecule is CC(C)NCc1ccncc1Oc1cccc(Cl)c1F. The van der Waals surface area contributed by atoms with Crippen molar-refractivity contribution in [2.24, 2.45) is 0 Å². The van der Waals surface area contributed by atoms with Crippen molar-refractivity contribution in [2.45, 2.75) is 26.4 Å². The van der Waals surface area contributed by atoms with Crippen LogP contribution in [0.3, 0.4) is 0 Å². The van der Waals surface area contributed by atoms with E-state index in [0.717, 1.165) is 5.56 Å². The quantitative estimate of drug-likeness (QED) is 0.899. The van der Waals surface area contributed by atoms with Crippen LogP contribution in [-0.2, 0) is 6.54 Å². The predicted octanol–water partition coefficient (Wildman–Crippen LogP) is 4.16. The number of pyridine rings is 1. The largest absolute Gasteiger partial charge is 0.452 e. The van der Waals surface area contributed by atoms with E-state index in [-0.39, 0.29) is 10.8 Å². The second-order valence-corrected chi connectivity index (χ2v) is 5.08. The number of halogens is 2. The first-order chi connectivity index (χ1) is 9.58. The summed E-state index contributed by atoms with van der Waals surface area (Å²) in [4.78, 5) is 4.01. The van der Waals surface area contributed by atoms with Crippen molar-refractivity contribution in [3.63, 3.8) is 0 Å². The van der Waals surface area contributed by atoms with Crippen LogP contribution in [0.4, 0.5) is 4.39 Å². The Bertz CT molecular complexity index is 590. The normalized spacial score (nSPS) is 10.8. The molecule has 0 unspecified atom stereocenters. The van der Waals surface area contributed by atoms with Gasteiger partial charge in [0.05, 0.1) is 11.2 Å². The Morgan fingerprint density at radius 2 is 2.10 bits per heavy atom. The first-order valence-corrected chi connectivity index (χ1v) is 6.74. The van der Waals surface area contributed by atoms with Gasteiger partial charge in [0.25, 0.3) is 0 Å². The molecule has 0 spiro atoms. The summed E-state index contributed by atoms with van der Waals surface area (Å²) in [5.74, 6) is 0.0407.